The normalized spacial score (nSPS) is 31.4. The second-order valence-corrected chi connectivity index (χ2v) is 11.9. The van der Waals surface area contributed by atoms with Gasteiger partial charge in [0.2, 0.25) is 0 Å². The zero-order chi connectivity index (χ0) is 26.2. The Morgan fingerprint density at radius 2 is 1.76 bits per heavy atom. The molecule has 1 N–H and O–H groups in total. The topological polar surface area (TPSA) is 97.0 Å². The van der Waals surface area contributed by atoms with Gasteiger partial charge < -0.3 is 14.5 Å². The molecule has 6 rings (SSSR count). The Bertz CT molecular complexity index is 1260. The Balaban J connectivity index is 1.41. The summed E-state index contributed by atoms with van der Waals surface area (Å²) in [6.07, 6.45) is 12.7. The SMILES string of the molecule is CCO/N=C(\CCC(=O)O)c1nc2ccccc2n([C@@H]2C[C@@H]3CCC[C@H]2N3C2CC3CCCC(C3)C2)c1=O. The van der Waals surface area contributed by atoms with Gasteiger partial charge >= 0.3 is 5.97 Å². The Kier molecular flexibility index (Phi) is 7.25. The van der Waals surface area contributed by atoms with Gasteiger partial charge in [0.1, 0.15) is 12.3 Å². The minimum atomic E-state index is -0.937. The maximum absolute atomic E-state index is 14.2. The van der Waals surface area contributed by atoms with Crippen LogP contribution in [0.25, 0.3) is 11.0 Å². The number of fused-ring (bicyclic) bond motifs is 5. The van der Waals surface area contributed by atoms with Gasteiger partial charge in [-0.15, -0.1) is 0 Å². The summed E-state index contributed by atoms with van der Waals surface area (Å²) in [6, 6.07) is 9.43. The van der Waals surface area contributed by atoms with Crippen molar-refractivity contribution < 1.29 is 14.7 Å². The van der Waals surface area contributed by atoms with Gasteiger partial charge in [-0.3, -0.25) is 14.5 Å². The lowest BCUT2D eigenvalue weighted by Crippen LogP contribution is -2.51. The smallest absolute Gasteiger partial charge is 0.303 e. The van der Waals surface area contributed by atoms with Gasteiger partial charge in [0.15, 0.2) is 5.69 Å². The average Bonchev–Trinajstić information content (AvgIpc) is 3.13. The van der Waals surface area contributed by atoms with Crippen molar-refractivity contribution >= 4 is 22.7 Å². The van der Waals surface area contributed by atoms with Crippen LogP contribution in [-0.2, 0) is 9.63 Å². The highest BCUT2D eigenvalue weighted by atomic mass is 16.6. The van der Waals surface area contributed by atoms with E-state index in [2.05, 4.69) is 10.1 Å². The lowest BCUT2D eigenvalue weighted by atomic mass is 9.69. The number of carboxylic acids is 1. The summed E-state index contributed by atoms with van der Waals surface area (Å²) >= 11 is 0. The minimum Gasteiger partial charge on any atom is -0.481 e. The van der Waals surface area contributed by atoms with E-state index in [1.807, 2.05) is 35.8 Å². The zero-order valence-electron chi connectivity index (χ0n) is 22.4. The molecule has 0 amide bonds. The van der Waals surface area contributed by atoms with E-state index in [-0.39, 0.29) is 30.1 Å². The number of aromatic nitrogens is 2. The molecule has 2 unspecified atom stereocenters. The third-order valence-corrected chi connectivity index (χ3v) is 9.60. The van der Waals surface area contributed by atoms with Gasteiger partial charge in [-0.05, 0) is 69.4 Å². The first-order valence-corrected chi connectivity index (χ1v) is 14.7. The lowest BCUT2D eigenvalue weighted by Gasteiger charge is -2.48. The van der Waals surface area contributed by atoms with Crippen LogP contribution in [0.1, 0.15) is 95.7 Å². The first kappa shape index (κ1) is 25.5. The summed E-state index contributed by atoms with van der Waals surface area (Å²) in [7, 11) is 0. The van der Waals surface area contributed by atoms with Crippen molar-refractivity contribution in [3.8, 4) is 0 Å². The van der Waals surface area contributed by atoms with Crippen LogP contribution in [-0.4, -0.2) is 56.0 Å². The Morgan fingerprint density at radius 1 is 1.00 bits per heavy atom. The molecule has 204 valence electrons. The van der Waals surface area contributed by atoms with Crippen molar-refractivity contribution in [1.29, 1.82) is 0 Å². The number of oxime groups is 1. The minimum absolute atomic E-state index is 0.0798. The van der Waals surface area contributed by atoms with Gasteiger partial charge in [0, 0.05) is 24.5 Å². The molecule has 4 aliphatic rings. The molecule has 4 bridgehead atoms. The largest absolute Gasteiger partial charge is 0.481 e. The summed E-state index contributed by atoms with van der Waals surface area (Å²) in [4.78, 5) is 38.5. The van der Waals surface area contributed by atoms with E-state index in [4.69, 9.17) is 9.82 Å². The molecule has 0 spiro atoms. The molecule has 4 fully saturated rings. The van der Waals surface area contributed by atoms with E-state index in [0.717, 1.165) is 35.7 Å². The predicted molar refractivity (Wildman–Crippen MR) is 146 cm³/mol. The van der Waals surface area contributed by atoms with E-state index in [0.29, 0.717) is 30.4 Å². The van der Waals surface area contributed by atoms with Crippen LogP contribution in [0.5, 0.6) is 0 Å². The molecule has 2 saturated heterocycles. The predicted octanol–water partition coefficient (Wildman–Crippen LogP) is 5.14. The van der Waals surface area contributed by atoms with Gasteiger partial charge in [0.05, 0.1) is 23.5 Å². The fourth-order valence-electron chi connectivity index (χ4n) is 8.23. The Labute approximate surface area is 224 Å². The first-order chi connectivity index (χ1) is 18.5. The molecule has 2 saturated carbocycles. The summed E-state index contributed by atoms with van der Waals surface area (Å²) in [6.45, 7) is 2.15. The van der Waals surface area contributed by atoms with E-state index < -0.39 is 5.97 Å². The molecule has 38 heavy (non-hydrogen) atoms. The number of hydrogen-bond acceptors (Lipinski definition) is 6. The summed E-state index contributed by atoms with van der Waals surface area (Å²) in [5.74, 6) is 0.803. The average molecular weight is 521 g/mol. The third kappa shape index (κ3) is 4.76. The highest BCUT2D eigenvalue weighted by Gasteiger charge is 2.49. The quantitative estimate of drug-likeness (QED) is 0.382. The highest BCUT2D eigenvalue weighted by molar-refractivity contribution is 6.00. The summed E-state index contributed by atoms with van der Waals surface area (Å²) < 4.78 is 1.99. The Morgan fingerprint density at radius 3 is 2.53 bits per heavy atom. The number of carbonyl (C=O) groups is 1. The number of piperidine rings is 1. The van der Waals surface area contributed by atoms with Gasteiger partial charge in [-0.1, -0.05) is 43.0 Å². The molecule has 1 aromatic carbocycles. The van der Waals surface area contributed by atoms with Crippen molar-refractivity contribution in [2.45, 2.75) is 108 Å². The lowest BCUT2D eigenvalue weighted by molar-refractivity contribution is -0.136. The molecule has 0 radical (unpaired) electrons. The van der Waals surface area contributed by atoms with Crippen LogP contribution < -0.4 is 5.56 Å². The fourth-order valence-corrected chi connectivity index (χ4v) is 8.23. The van der Waals surface area contributed by atoms with Crippen molar-refractivity contribution in [1.82, 2.24) is 14.5 Å². The molecule has 2 aliphatic heterocycles. The van der Waals surface area contributed by atoms with Crippen LogP contribution >= 0.6 is 0 Å². The standard InChI is InChI=1S/C30H40N4O4/c1-2-38-32-24(13-14-28(35)36)29-30(37)34(25-11-4-3-10-23(25)31-29)27-18-21-9-6-12-26(27)33(21)22-16-19-7-5-8-20(15-19)17-22/h3-4,10-11,19-22,26-27H,2,5-9,12-18H2,1H3,(H,35,36)/b32-24+/t19?,20?,21-,22?,26+,27+/m0/s1. The molecule has 8 nitrogen and oxygen atoms in total. The molecule has 3 heterocycles. The maximum atomic E-state index is 14.2. The van der Waals surface area contributed by atoms with Crippen LogP contribution in [0.3, 0.4) is 0 Å². The number of aliphatic carboxylic acids is 1. The molecular formula is C30H40N4O4. The van der Waals surface area contributed by atoms with Crippen LogP contribution in [0, 0.1) is 11.8 Å². The number of nitrogens with zero attached hydrogens (tertiary/aromatic N) is 4. The maximum Gasteiger partial charge on any atom is 0.303 e. The third-order valence-electron chi connectivity index (χ3n) is 9.60. The number of hydrogen-bond donors (Lipinski definition) is 1. The van der Waals surface area contributed by atoms with Crippen molar-refractivity contribution in [2.24, 2.45) is 17.0 Å². The zero-order valence-corrected chi connectivity index (χ0v) is 22.4. The second-order valence-electron chi connectivity index (χ2n) is 11.9. The Hall–Kier alpha value is -2.74. The molecule has 2 aromatic rings. The number of para-hydroxylation sites is 2. The fraction of sp³-hybridized carbons (Fsp3) is 0.667. The molecule has 5 atom stereocenters. The van der Waals surface area contributed by atoms with E-state index in [1.165, 1.54) is 51.4 Å². The van der Waals surface area contributed by atoms with E-state index in [9.17, 15) is 14.7 Å². The summed E-state index contributed by atoms with van der Waals surface area (Å²) in [5.41, 5.74) is 1.95. The second kappa shape index (κ2) is 10.8. The summed E-state index contributed by atoms with van der Waals surface area (Å²) in [5, 5.41) is 13.5. The molecular weight excluding hydrogens is 480 g/mol. The van der Waals surface area contributed by atoms with Gasteiger partial charge in [-0.2, -0.15) is 0 Å². The van der Waals surface area contributed by atoms with Crippen LogP contribution in [0.2, 0.25) is 0 Å². The molecule has 2 aliphatic carbocycles. The van der Waals surface area contributed by atoms with Crippen LogP contribution in [0.15, 0.2) is 34.2 Å². The highest BCUT2D eigenvalue weighted by Crippen LogP contribution is 2.49. The number of rotatable bonds is 8. The number of benzene rings is 1. The number of carboxylic acid groups (broad SMARTS) is 1. The van der Waals surface area contributed by atoms with E-state index >= 15 is 0 Å². The van der Waals surface area contributed by atoms with Gasteiger partial charge in [0.25, 0.3) is 5.56 Å². The molecule has 8 heteroatoms. The van der Waals surface area contributed by atoms with Gasteiger partial charge in [-0.25, -0.2) is 4.98 Å². The first-order valence-electron chi connectivity index (χ1n) is 14.7. The van der Waals surface area contributed by atoms with Crippen molar-refractivity contribution in [2.75, 3.05) is 6.61 Å². The van der Waals surface area contributed by atoms with Crippen molar-refractivity contribution in [3.63, 3.8) is 0 Å². The molecule has 1 aromatic heterocycles. The monoisotopic (exact) mass is 520 g/mol. The van der Waals surface area contributed by atoms with Crippen LogP contribution in [0.4, 0.5) is 0 Å². The van der Waals surface area contributed by atoms with Crippen molar-refractivity contribution in [3.05, 3.63) is 40.3 Å². The van der Waals surface area contributed by atoms with E-state index in [1.54, 1.807) is 0 Å².